The molecule has 20 heavy (non-hydrogen) atoms. The lowest BCUT2D eigenvalue weighted by atomic mass is 10.2. The molecular formula is C9H8Cl2N2O6S. The van der Waals surface area contributed by atoms with Crippen LogP contribution in [-0.4, -0.2) is 32.0 Å². The molecule has 0 saturated heterocycles. The van der Waals surface area contributed by atoms with Gasteiger partial charge in [0.25, 0.3) is 10.0 Å². The summed E-state index contributed by atoms with van der Waals surface area (Å²) in [6.45, 7) is -0.698. The smallest absolute Gasteiger partial charge is 0.338 e. The van der Waals surface area contributed by atoms with Gasteiger partial charge in [-0.3, -0.25) is 9.63 Å². The summed E-state index contributed by atoms with van der Waals surface area (Å²) in [6.07, 6.45) is 0. The van der Waals surface area contributed by atoms with Gasteiger partial charge in [-0.1, -0.05) is 28.1 Å². The van der Waals surface area contributed by atoms with E-state index in [4.69, 9.17) is 34.0 Å². The first-order valence-electron chi connectivity index (χ1n) is 4.80. The molecule has 0 radical (unpaired) electrons. The van der Waals surface area contributed by atoms with E-state index in [2.05, 4.69) is 4.84 Å². The summed E-state index contributed by atoms with van der Waals surface area (Å²) < 4.78 is 23.6. The Labute approximate surface area is 123 Å². The van der Waals surface area contributed by atoms with E-state index in [0.29, 0.717) is 0 Å². The van der Waals surface area contributed by atoms with Crippen molar-refractivity contribution in [1.82, 2.24) is 4.89 Å². The number of hydrogen-bond donors (Lipinski definition) is 3. The Morgan fingerprint density at radius 2 is 1.95 bits per heavy atom. The number of amides is 1. The summed E-state index contributed by atoms with van der Waals surface area (Å²) in [4.78, 5) is 26.7. The van der Waals surface area contributed by atoms with Crippen molar-refractivity contribution in [2.75, 3.05) is 6.61 Å². The number of carbonyl (C=O) groups excluding carboxylic acids is 1. The molecule has 0 saturated carbocycles. The molecule has 1 amide bonds. The minimum absolute atomic E-state index is 0.223. The van der Waals surface area contributed by atoms with Crippen LogP contribution in [0.1, 0.15) is 10.4 Å². The zero-order valence-electron chi connectivity index (χ0n) is 9.59. The Kier molecular flexibility index (Phi) is 5.31. The van der Waals surface area contributed by atoms with Crippen molar-refractivity contribution in [2.24, 2.45) is 5.73 Å². The third-order valence-electron chi connectivity index (χ3n) is 1.94. The van der Waals surface area contributed by atoms with Crippen LogP contribution in [0, 0.1) is 0 Å². The van der Waals surface area contributed by atoms with Crippen molar-refractivity contribution < 1.29 is 28.0 Å². The van der Waals surface area contributed by atoms with Crippen LogP contribution in [0.15, 0.2) is 17.0 Å². The maximum Gasteiger partial charge on any atom is 0.338 e. The summed E-state index contributed by atoms with van der Waals surface area (Å²) in [5, 5.41) is 8.10. The highest BCUT2D eigenvalue weighted by molar-refractivity contribution is 7.89. The molecule has 110 valence electrons. The van der Waals surface area contributed by atoms with E-state index in [1.54, 1.807) is 4.89 Å². The van der Waals surface area contributed by atoms with Crippen LogP contribution in [0.2, 0.25) is 10.0 Å². The number of sulfonamides is 1. The molecule has 0 aliphatic carbocycles. The van der Waals surface area contributed by atoms with E-state index >= 15 is 0 Å². The fourth-order valence-electron chi connectivity index (χ4n) is 1.16. The number of hydrogen-bond acceptors (Lipinski definition) is 5. The van der Waals surface area contributed by atoms with Gasteiger partial charge in [0, 0.05) is 0 Å². The average Bonchev–Trinajstić information content (AvgIpc) is 2.26. The van der Waals surface area contributed by atoms with Gasteiger partial charge in [-0.2, -0.15) is 0 Å². The van der Waals surface area contributed by atoms with E-state index in [0.717, 1.165) is 12.1 Å². The van der Waals surface area contributed by atoms with Gasteiger partial charge in [-0.15, -0.1) is 0 Å². The highest BCUT2D eigenvalue weighted by atomic mass is 35.5. The summed E-state index contributed by atoms with van der Waals surface area (Å²) in [6, 6.07) is 2.05. The molecule has 0 aliphatic rings. The molecule has 1 aromatic rings. The lowest BCUT2D eigenvalue weighted by Gasteiger charge is -2.10. The van der Waals surface area contributed by atoms with Crippen LogP contribution < -0.4 is 10.6 Å². The average molecular weight is 343 g/mol. The fourth-order valence-corrected chi connectivity index (χ4v) is 2.89. The van der Waals surface area contributed by atoms with Crippen molar-refractivity contribution in [3.05, 3.63) is 27.7 Å². The van der Waals surface area contributed by atoms with Gasteiger partial charge in [0.15, 0.2) is 0 Å². The lowest BCUT2D eigenvalue weighted by Crippen LogP contribution is -2.29. The molecule has 11 heteroatoms. The summed E-state index contributed by atoms with van der Waals surface area (Å²) in [5.41, 5.74) is 4.19. The maximum absolute atomic E-state index is 11.8. The maximum atomic E-state index is 11.8. The van der Waals surface area contributed by atoms with Crippen LogP contribution in [0.5, 0.6) is 0 Å². The summed E-state index contributed by atoms with van der Waals surface area (Å²) in [5.74, 6) is -2.39. The highest BCUT2D eigenvalue weighted by Gasteiger charge is 2.25. The topological polar surface area (TPSA) is 136 Å². The first kappa shape index (κ1) is 16.7. The molecule has 0 bridgehead atoms. The summed E-state index contributed by atoms with van der Waals surface area (Å²) in [7, 11) is -4.29. The van der Waals surface area contributed by atoms with Crippen molar-refractivity contribution in [1.29, 1.82) is 0 Å². The first-order valence-corrected chi connectivity index (χ1v) is 7.04. The van der Waals surface area contributed by atoms with Crippen LogP contribution >= 0.6 is 23.2 Å². The Bertz CT molecular complexity index is 661. The predicted octanol–water partition coefficient (Wildman–Crippen LogP) is 0.387. The van der Waals surface area contributed by atoms with Gasteiger partial charge in [0.05, 0.1) is 15.6 Å². The molecule has 0 aromatic heterocycles. The third kappa shape index (κ3) is 3.81. The first-order chi connectivity index (χ1) is 9.16. The number of nitrogens with one attached hydrogen (secondary N) is 1. The Morgan fingerprint density at radius 3 is 2.45 bits per heavy atom. The van der Waals surface area contributed by atoms with Gasteiger partial charge in [-0.05, 0) is 12.1 Å². The van der Waals surface area contributed by atoms with E-state index < -0.39 is 44.0 Å². The third-order valence-corrected chi connectivity index (χ3v) is 4.02. The molecule has 1 aromatic carbocycles. The minimum Gasteiger partial charge on any atom is -0.478 e. The molecule has 0 unspecified atom stereocenters. The molecule has 8 nitrogen and oxygen atoms in total. The molecule has 1 rings (SSSR count). The number of carbonyl (C=O) groups is 2. The largest absolute Gasteiger partial charge is 0.478 e. The number of aromatic carboxylic acids is 1. The normalized spacial score (nSPS) is 11.3. The summed E-state index contributed by atoms with van der Waals surface area (Å²) >= 11 is 11.3. The molecule has 0 heterocycles. The second kappa shape index (κ2) is 6.37. The van der Waals surface area contributed by atoms with Crippen LogP contribution in [0.25, 0.3) is 0 Å². The van der Waals surface area contributed by atoms with Crippen LogP contribution in [-0.2, 0) is 19.7 Å². The molecule has 0 spiro atoms. The zero-order valence-corrected chi connectivity index (χ0v) is 11.9. The monoisotopic (exact) mass is 342 g/mol. The van der Waals surface area contributed by atoms with Gasteiger partial charge in [0.1, 0.15) is 11.5 Å². The minimum atomic E-state index is -4.29. The van der Waals surface area contributed by atoms with Crippen molar-refractivity contribution >= 4 is 45.1 Å². The van der Waals surface area contributed by atoms with Crippen molar-refractivity contribution in [3.63, 3.8) is 0 Å². The highest BCUT2D eigenvalue weighted by Crippen LogP contribution is 2.30. The molecule has 0 fully saturated rings. The number of nitrogens with two attached hydrogens (primary N) is 1. The van der Waals surface area contributed by atoms with Gasteiger partial charge in [0.2, 0.25) is 5.91 Å². The predicted molar refractivity (Wildman–Crippen MR) is 68.9 cm³/mol. The second-order valence-corrected chi connectivity index (χ2v) is 5.78. The van der Waals surface area contributed by atoms with Gasteiger partial charge in [-0.25, -0.2) is 13.2 Å². The fraction of sp³-hybridized carbons (Fsp3) is 0.111. The van der Waals surface area contributed by atoms with E-state index in [1.807, 2.05) is 0 Å². The van der Waals surface area contributed by atoms with Crippen LogP contribution in [0.3, 0.4) is 0 Å². The zero-order chi connectivity index (χ0) is 15.5. The lowest BCUT2D eigenvalue weighted by molar-refractivity contribution is -0.123. The van der Waals surface area contributed by atoms with Crippen LogP contribution in [0.4, 0.5) is 0 Å². The number of rotatable bonds is 6. The number of carboxylic acids is 1. The molecular weight excluding hydrogens is 335 g/mol. The molecule has 0 atom stereocenters. The second-order valence-electron chi connectivity index (χ2n) is 3.38. The number of benzene rings is 1. The van der Waals surface area contributed by atoms with Crippen molar-refractivity contribution in [3.8, 4) is 0 Å². The SMILES string of the molecule is NC(=O)CONS(=O)(=O)c1ccc(Cl)c(C(=O)O)c1Cl. The number of carboxylic acid groups (broad SMARTS) is 1. The number of halogens is 2. The Hall–Kier alpha value is -1.39. The Morgan fingerprint density at radius 1 is 1.35 bits per heavy atom. The Balaban J connectivity index is 3.16. The molecule has 4 N–H and O–H groups in total. The van der Waals surface area contributed by atoms with Gasteiger partial charge >= 0.3 is 5.97 Å². The van der Waals surface area contributed by atoms with E-state index in [-0.39, 0.29) is 5.02 Å². The quantitative estimate of drug-likeness (QED) is 0.639. The standard InChI is InChI=1S/C9H8Cl2N2O6S/c10-4-1-2-5(8(11)7(4)9(15)16)20(17,18)13-19-3-6(12)14/h1-2,13H,3H2,(H2,12,14)(H,15,16). The van der Waals surface area contributed by atoms with Gasteiger partial charge < -0.3 is 10.8 Å². The number of primary amides is 1. The van der Waals surface area contributed by atoms with E-state index in [1.165, 1.54) is 0 Å². The van der Waals surface area contributed by atoms with E-state index in [9.17, 15) is 18.0 Å². The van der Waals surface area contributed by atoms with Crippen molar-refractivity contribution in [2.45, 2.75) is 4.90 Å². The molecule has 0 aliphatic heterocycles.